The summed E-state index contributed by atoms with van der Waals surface area (Å²) in [5, 5.41) is 0. The van der Waals surface area contributed by atoms with Gasteiger partial charge in [-0.3, -0.25) is 0 Å². The van der Waals surface area contributed by atoms with Crippen LogP contribution in [-0.4, -0.2) is 9.97 Å². The van der Waals surface area contributed by atoms with Crippen LogP contribution in [0, 0.1) is 18.2 Å². The van der Waals surface area contributed by atoms with Crippen LogP contribution < -0.4 is 5.73 Å². The van der Waals surface area contributed by atoms with Crippen LogP contribution >= 0.6 is 0 Å². The molecular weight excluding hydrogens is 265 g/mol. The van der Waals surface area contributed by atoms with Gasteiger partial charge in [-0.25, -0.2) is 14.4 Å². The van der Waals surface area contributed by atoms with Crippen LogP contribution in [0.1, 0.15) is 43.1 Å². The molecule has 0 saturated carbocycles. The molecular formula is C17H20FN3. The van der Waals surface area contributed by atoms with Crippen LogP contribution in [0.3, 0.4) is 0 Å². The van der Waals surface area contributed by atoms with E-state index >= 15 is 0 Å². The number of aromatic nitrogens is 2. The fourth-order valence-corrected chi connectivity index (χ4v) is 3.07. The summed E-state index contributed by atoms with van der Waals surface area (Å²) < 4.78 is 13.5. The van der Waals surface area contributed by atoms with Crippen molar-refractivity contribution in [2.45, 2.75) is 39.7 Å². The van der Waals surface area contributed by atoms with Crippen LogP contribution in [-0.2, 0) is 6.42 Å². The topological polar surface area (TPSA) is 51.8 Å². The largest absolute Gasteiger partial charge is 0.324 e. The van der Waals surface area contributed by atoms with E-state index in [2.05, 4.69) is 23.8 Å². The average molecular weight is 285 g/mol. The highest BCUT2D eigenvalue weighted by Crippen LogP contribution is 2.39. The minimum atomic E-state index is -0.269. The zero-order valence-electron chi connectivity index (χ0n) is 12.7. The first-order valence-electron chi connectivity index (χ1n) is 7.24. The number of hydrogen-bond acceptors (Lipinski definition) is 3. The monoisotopic (exact) mass is 285 g/mol. The molecule has 0 aliphatic heterocycles. The third-order valence-electron chi connectivity index (χ3n) is 4.16. The summed E-state index contributed by atoms with van der Waals surface area (Å²) in [6, 6.07) is 4.68. The molecule has 2 N–H and O–H groups in total. The van der Waals surface area contributed by atoms with Crippen molar-refractivity contribution in [3.63, 3.8) is 0 Å². The van der Waals surface area contributed by atoms with E-state index in [-0.39, 0.29) is 17.3 Å². The Hall–Kier alpha value is -1.81. The van der Waals surface area contributed by atoms with E-state index in [0.717, 1.165) is 35.2 Å². The maximum Gasteiger partial charge on any atom is 0.159 e. The van der Waals surface area contributed by atoms with Crippen LogP contribution in [0.15, 0.2) is 24.4 Å². The molecule has 2 aromatic rings. The molecule has 1 unspecified atom stereocenters. The Kier molecular flexibility index (Phi) is 3.29. The third-order valence-corrected chi connectivity index (χ3v) is 4.16. The summed E-state index contributed by atoms with van der Waals surface area (Å²) >= 11 is 0. The van der Waals surface area contributed by atoms with Gasteiger partial charge in [-0.1, -0.05) is 19.9 Å². The van der Waals surface area contributed by atoms with Gasteiger partial charge in [0.15, 0.2) is 5.82 Å². The van der Waals surface area contributed by atoms with E-state index in [1.807, 2.05) is 13.1 Å². The smallest absolute Gasteiger partial charge is 0.159 e. The van der Waals surface area contributed by atoms with Gasteiger partial charge in [-0.15, -0.1) is 0 Å². The molecule has 110 valence electrons. The summed E-state index contributed by atoms with van der Waals surface area (Å²) in [4.78, 5) is 9.08. The van der Waals surface area contributed by atoms with Gasteiger partial charge in [0.05, 0.1) is 0 Å². The molecule has 1 atom stereocenters. The summed E-state index contributed by atoms with van der Waals surface area (Å²) in [5.41, 5.74) is 10.1. The van der Waals surface area contributed by atoms with Gasteiger partial charge >= 0.3 is 0 Å². The molecule has 0 bridgehead atoms. The molecule has 3 nitrogen and oxygen atoms in total. The summed E-state index contributed by atoms with van der Waals surface area (Å²) in [5.74, 6) is 0.310. The fourth-order valence-electron chi connectivity index (χ4n) is 3.07. The van der Waals surface area contributed by atoms with Crippen LogP contribution in [0.5, 0.6) is 0 Å². The van der Waals surface area contributed by atoms with E-state index in [1.54, 1.807) is 6.07 Å². The number of rotatable bonds is 1. The molecule has 0 fully saturated rings. The molecule has 3 rings (SSSR count). The Morgan fingerprint density at radius 3 is 2.86 bits per heavy atom. The van der Waals surface area contributed by atoms with E-state index in [4.69, 9.17) is 5.73 Å². The van der Waals surface area contributed by atoms with Crippen LogP contribution in [0.25, 0.3) is 11.4 Å². The second kappa shape index (κ2) is 4.88. The Labute approximate surface area is 124 Å². The number of nitrogens with zero attached hydrogens (tertiary/aromatic N) is 2. The van der Waals surface area contributed by atoms with Crippen molar-refractivity contribution < 1.29 is 4.39 Å². The number of halogens is 1. The van der Waals surface area contributed by atoms with Gasteiger partial charge in [0.25, 0.3) is 0 Å². The van der Waals surface area contributed by atoms with Gasteiger partial charge < -0.3 is 5.73 Å². The standard InChI is InChI=1S/C17H20FN3/c1-10-4-5-11(18)6-12(10)16-20-9-13-14(19)7-17(2,3)8-15(13)21-16/h4-6,9,14H,7-8,19H2,1-3H3. The molecule has 1 aliphatic carbocycles. The van der Waals surface area contributed by atoms with Crippen molar-refractivity contribution in [1.82, 2.24) is 9.97 Å². The fraction of sp³-hybridized carbons (Fsp3) is 0.412. The number of nitrogens with two attached hydrogens (primary N) is 1. The average Bonchev–Trinajstić information content (AvgIpc) is 2.39. The second-order valence-electron chi connectivity index (χ2n) is 6.71. The van der Waals surface area contributed by atoms with Gasteiger partial charge in [0.1, 0.15) is 5.82 Å². The first-order valence-corrected chi connectivity index (χ1v) is 7.24. The second-order valence-corrected chi connectivity index (χ2v) is 6.71. The Morgan fingerprint density at radius 2 is 2.10 bits per heavy atom. The predicted octanol–water partition coefficient (Wildman–Crippen LogP) is 3.56. The Bertz CT molecular complexity index is 694. The lowest BCUT2D eigenvalue weighted by atomic mass is 9.74. The van der Waals surface area contributed by atoms with Crippen LogP contribution in [0.2, 0.25) is 0 Å². The quantitative estimate of drug-likeness (QED) is 0.871. The van der Waals surface area contributed by atoms with Crippen molar-refractivity contribution in [3.8, 4) is 11.4 Å². The first-order chi connectivity index (χ1) is 9.85. The van der Waals surface area contributed by atoms with Crippen molar-refractivity contribution in [3.05, 3.63) is 47.0 Å². The molecule has 0 saturated heterocycles. The molecule has 0 spiro atoms. The van der Waals surface area contributed by atoms with Gasteiger partial charge in [-0.2, -0.15) is 0 Å². The highest BCUT2D eigenvalue weighted by atomic mass is 19.1. The Morgan fingerprint density at radius 1 is 1.33 bits per heavy atom. The van der Waals surface area contributed by atoms with Crippen molar-refractivity contribution in [1.29, 1.82) is 0 Å². The molecule has 1 heterocycles. The summed E-state index contributed by atoms with van der Waals surface area (Å²) in [7, 11) is 0. The highest BCUT2D eigenvalue weighted by Gasteiger charge is 2.31. The lowest BCUT2D eigenvalue weighted by molar-refractivity contribution is 0.278. The molecule has 1 aromatic heterocycles. The third kappa shape index (κ3) is 2.68. The summed E-state index contributed by atoms with van der Waals surface area (Å²) in [6.45, 7) is 6.34. The SMILES string of the molecule is Cc1ccc(F)cc1-c1ncc2c(n1)CC(C)(C)CC2N. The van der Waals surface area contributed by atoms with E-state index in [9.17, 15) is 4.39 Å². The normalized spacial score (nSPS) is 20.1. The number of aryl methyl sites for hydroxylation is 1. The molecule has 1 aliphatic rings. The number of benzene rings is 1. The molecule has 0 radical (unpaired) electrons. The first kappa shape index (κ1) is 14.1. The predicted molar refractivity (Wildman–Crippen MR) is 81.2 cm³/mol. The molecule has 4 heteroatoms. The maximum atomic E-state index is 13.5. The maximum absolute atomic E-state index is 13.5. The van der Waals surface area contributed by atoms with Crippen molar-refractivity contribution in [2.75, 3.05) is 0 Å². The zero-order valence-corrected chi connectivity index (χ0v) is 12.7. The lowest BCUT2D eigenvalue weighted by Gasteiger charge is -2.34. The van der Waals surface area contributed by atoms with Gasteiger partial charge in [0.2, 0.25) is 0 Å². The molecule has 21 heavy (non-hydrogen) atoms. The number of hydrogen-bond donors (Lipinski definition) is 1. The molecule has 0 amide bonds. The lowest BCUT2D eigenvalue weighted by Crippen LogP contribution is -2.30. The molecule has 1 aromatic carbocycles. The van der Waals surface area contributed by atoms with Crippen LogP contribution in [0.4, 0.5) is 4.39 Å². The van der Waals surface area contributed by atoms with Crippen molar-refractivity contribution >= 4 is 0 Å². The van der Waals surface area contributed by atoms with Crippen molar-refractivity contribution in [2.24, 2.45) is 11.1 Å². The number of fused-ring (bicyclic) bond motifs is 1. The van der Waals surface area contributed by atoms with Gasteiger partial charge in [0, 0.05) is 29.1 Å². The van der Waals surface area contributed by atoms with E-state index in [1.165, 1.54) is 12.1 Å². The van der Waals surface area contributed by atoms with Gasteiger partial charge in [-0.05, 0) is 42.9 Å². The summed E-state index contributed by atoms with van der Waals surface area (Å²) in [6.07, 6.45) is 3.61. The Balaban J connectivity index is 2.09. The van der Waals surface area contributed by atoms with E-state index in [0.29, 0.717) is 5.82 Å². The highest BCUT2D eigenvalue weighted by molar-refractivity contribution is 5.60. The zero-order chi connectivity index (χ0) is 15.2. The van der Waals surface area contributed by atoms with E-state index < -0.39 is 0 Å². The minimum absolute atomic E-state index is 0.0218. The minimum Gasteiger partial charge on any atom is -0.324 e.